The van der Waals surface area contributed by atoms with Gasteiger partial charge >= 0.3 is 12.0 Å². The fourth-order valence-electron chi connectivity index (χ4n) is 5.95. The Morgan fingerprint density at radius 3 is 2.31 bits per heavy atom. The first-order valence-corrected chi connectivity index (χ1v) is 12.7. The van der Waals surface area contributed by atoms with Crippen molar-refractivity contribution < 1.29 is 14.7 Å². The first-order valence-electron chi connectivity index (χ1n) is 12.7. The summed E-state index contributed by atoms with van der Waals surface area (Å²) in [6.45, 7) is 5.51. The molecule has 0 aliphatic carbocycles. The fraction of sp³-hybridized carbons (Fsp3) is 0.720. The van der Waals surface area contributed by atoms with Gasteiger partial charge in [-0.2, -0.15) is 0 Å². The maximum Gasteiger partial charge on any atom is 0.317 e. The molecule has 0 aromatic carbocycles. The van der Waals surface area contributed by atoms with Crippen molar-refractivity contribution in [2.45, 2.75) is 51.0 Å². The van der Waals surface area contributed by atoms with Crippen molar-refractivity contribution >= 4 is 49.2 Å². The highest BCUT2D eigenvalue weighted by atomic mass is 35.5. The second kappa shape index (κ2) is 16.5. The Kier molecular flexibility index (Phi) is 15.0. The van der Waals surface area contributed by atoms with E-state index in [0.29, 0.717) is 18.3 Å². The highest BCUT2D eigenvalue weighted by Crippen LogP contribution is 2.33. The number of hydrogen-bond donors (Lipinski definition) is 4. The van der Waals surface area contributed by atoms with Crippen molar-refractivity contribution in [3.8, 4) is 0 Å². The van der Waals surface area contributed by atoms with E-state index in [9.17, 15) is 14.7 Å². The lowest BCUT2D eigenvalue weighted by Crippen LogP contribution is -2.49. The van der Waals surface area contributed by atoms with Crippen LogP contribution in [0.4, 0.5) is 4.79 Å². The number of carboxylic acid groups (broad SMARTS) is 1. The summed E-state index contributed by atoms with van der Waals surface area (Å²) < 4.78 is 0. The van der Waals surface area contributed by atoms with Crippen molar-refractivity contribution in [1.29, 1.82) is 0 Å². The van der Waals surface area contributed by atoms with Gasteiger partial charge < -0.3 is 26.0 Å². The van der Waals surface area contributed by atoms with E-state index in [1.54, 1.807) is 18.5 Å². The van der Waals surface area contributed by atoms with E-state index in [1.807, 2.05) is 11.0 Å². The minimum absolute atomic E-state index is 0. The van der Waals surface area contributed by atoms with Gasteiger partial charge in [0, 0.05) is 25.5 Å². The number of piperidine rings is 3. The third-order valence-corrected chi connectivity index (χ3v) is 7.91. The van der Waals surface area contributed by atoms with Crippen molar-refractivity contribution in [2.75, 3.05) is 39.3 Å². The van der Waals surface area contributed by atoms with Gasteiger partial charge in [0.15, 0.2) is 0 Å². The second-order valence-electron chi connectivity index (χ2n) is 10.0. The molecule has 3 aliphatic rings. The topological polar surface area (TPSA) is 107 Å². The SMILES string of the molecule is Cl.Cl.Cl.O=C(O)[C@@H](CC1CCCNC1)[C@@H](NC(=O)N1CCC(C2CCNCC2)CC1)c1cccnc1. The van der Waals surface area contributed by atoms with Crippen LogP contribution in [-0.4, -0.2) is 66.3 Å². The molecule has 0 spiro atoms. The Morgan fingerprint density at radius 2 is 1.72 bits per heavy atom. The third kappa shape index (κ3) is 8.91. The smallest absolute Gasteiger partial charge is 0.317 e. The molecule has 3 aliphatic heterocycles. The maximum atomic E-state index is 13.3. The van der Waals surface area contributed by atoms with Gasteiger partial charge in [-0.3, -0.25) is 9.78 Å². The van der Waals surface area contributed by atoms with Gasteiger partial charge in [-0.1, -0.05) is 6.07 Å². The molecule has 1 aromatic heterocycles. The Labute approximate surface area is 233 Å². The van der Waals surface area contributed by atoms with Gasteiger partial charge in [0.1, 0.15) is 0 Å². The number of carbonyl (C=O) groups excluding carboxylic acids is 1. The Bertz CT molecular complexity index is 771. The number of hydrogen-bond acceptors (Lipinski definition) is 5. The summed E-state index contributed by atoms with van der Waals surface area (Å²) in [5.74, 6) is 0.210. The van der Waals surface area contributed by atoms with E-state index in [2.05, 4.69) is 20.9 Å². The number of amides is 2. The summed E-state index contributed by atoms with van der Waals surface area (Å²) >= 11 is 0. The number of urea groups is 1. The van der Waals surface area contributed by atoms with Crippen LogP contribution in [0.25, 0.3) is 0 Å². The molecule has 4 heterocycles. The molecule has 4 rings (SSSR count). The van der Waals surface area contributed by atoms with Crippen LogP contribution < -0.4 is 16.0 Å². The largest absolute Gasteiger partial charge is 0.481 e. The molecular formula is C25H42Cl3N5O3. The lowest BCUT2D eigenvalue weighted by Gasteiger charge is -2.38. The molecule has 0 bridgehead atoms. The first-order chi connectivity index (χ1) is 16.1. The molecule has 2 amide bonds. The van der Waals surface area contributed by atoms with E-state index < -0.39 is 17.9 Å². The number of carbonyl (C=O) groups is 2. The monoisotopic (exact) mass is 565 g/mol. The van der Waals surface area contributed by atoms with Gasteiger partial charge in [-0.25, -0.2) is 4.79 Å². The van der Waals surface area contributed by atoms with Crippen molar-refractivity contribution in [3.63, 3.8) is 0 Å². The molecule has 3 atom stereocenters. The van der Waals surface area contributed by atoms with E-state index in [4.69, 9.17) is 0 Å². The normalized spacial score (nSPS) is 22.7. The molecule has 1 aromatic rings. The number of carboxylic acids is 1. The number of aromatic nitrogens is 1. The summed E-state index contributed by atoms with van der Waals surface area (Å²) in [5, 5.41) is 20.0. The molecule has 36 heavy (non-hydrogen) atoms. The summed E-state index contributed by atoms with van der Waals surface area (Å²) in [5.41, 5.74) is 0.756. The van der Waals surface area contributed by atoms with Crippen molar-refractivity contribution in [3.05, 3.63) is 30.1 Å². The molecular weight excluding hydrogens is 525 g/mol. The molecule has 3 saturated heterocycles. The minimum Gasteiger partial charge on any atom is -0.481 e. The Hall–Kier alpha value is -1.32. The van der Waals surface area contributed by atoms with E-state index in [1.165, 1.54) is 12.8 Å². The number of pyridine rings is 1. The van der Waals surface area contributed by atoms with Crippen LogP contribution in [0.15, 0.2) is 24.5 Å². The first kappa shape index (κ1) is 32.7. The molecule has 0 saturated carbocycles. The molecule has 1 unspecified atom stereocenters. The lowest BCUT2D eigenvalue weighted by atomic mass is 9.79. The van der Waals surface area contributed by atoms with Crippen LogP contribution >= 0.6 is 37.2 Å². The van der Waals surface area contributed by atoms with Crippen LogP contribution in [0.3, 0.4) is 0 Å². The second-order valence-corrected chi connectivity index (χ2v) is 10.0. The van der Waals surface area contributed by atoms with Gasteiger partial charge in [0.25, 0.3) is 0 Å². The highest BCUT2D eigenvalue weighted by Gasteiger charge is 2.36. The molecule has 4 N–H and O–H groups in total. The maximum absolute atomic E-state index is 13.3. The summed E-state index contributed by atoms with van der Waals surface area (Å²) in [6, 6.07) is 2.93. The molecule has 0 radical (unpaired) electrons. The molecule has 206 valence electrons. The van der Waals surface area contributed by atoms with Crippen molar-refractivity contribution in [2.24, 2.45) is 23.7 Å². The number of halogens is 3. The average molecular weight is 567 g/mol. The standard InChI is InChI=1S/C25H39N5O3.3ClH/c31-24(32)22(15-18-3-1-9-27-16-18)23(21-4-2-10-28-17-21)29-25(33)30-13-7-20(8-14-30)19-5-11-26-12-6-19;;;/h2,4,10,17-20,22-23,26-27H,1,3,5-9,11-16H2,(H,29,33)(H,31,32);3*1H/t18?,22-,23-;;;/m0.../s1. The fourth-order valence-corrected chi connectivity index (χ4v) is 5.95. The molecule has 11 heteroatoms. The van der Waals surface area contributed by atoms with Crippen LogP contribution in [-0.2, 0) is 4.79 Å². The zero-order chi connectivity index (χ0) is 23.0. The van der Waals surface area contributed by atoms with Crippen molar-refractivity contribution in [1.82, 2.24) is 25.8 Å². The third-order valence-electron chi connectivity index (χ3n) is 7.91. The summed E-state index contributed by atoms with van der Waals surface area (Å²) in [7, 11) is 0. The number of nitrogens with one attached hydrogen (secondary N) is 3. The summed E-state index contributed by atoms with van der Waals surface area (Å²) in [4.78, 5) is 31.7. The van der Waals surface area contributed by atoms with Gasteiger partial charge in [-0.05, 0) is 101 Å². The van der Waals surface area contributed by atoms with Gasteiger partial charge in [0.05, 0.1) is 12.0 Å². The van der Waals surface area contributed by atoms with E-state index in [-0.39, 0.29) is 43.3 Å². The van der Waals surface area contributed by atoms with Crippen LogP contribution in [0.5, 0.6) is 0 Å². The zero-order valence-electron chi connectivity index (χ0n) is 20.8. The predicted octanol–water partition coefficient (Wildman–Crippen LogP) is 3.90. The van der Waals surface area contributed by atoms with Gasteiger partial charge in [-0.15, -0.1) is 37.2 Å². The van der Waals surface area contributed by atoms with E-state index in [0.717, 1.165) is 76.4 Å². The molecule has 3 fully saturated rings. The van der Waals surface area contributed by atoms with Crippen LogP contribution in [0.2, 0.25) is 0 Å². The quantitative estimate of drug-likeness (QED) is 0.399. The van der Waals surface area contributed by atoms with Crippen LogP contribution in [0.1, 0.15) is 56.6 Å². The zero-order valence-corrected chi connectivity index (χ0v) is 23.2. The molecule has 8 nitrogen and oxygen atoms in total. The predicted molar refractivity (Wildman–Crippen MR) is 148 cm³/mol. The summed E-state index contributed by atoms with van der Waals surface area (Å²) in [6.07, 6.45) is 10.5. The lowest BCUT2D eigenvalue weighted by molar-refractivity contribution is -0.143. The highest BCUT2D eigenvalue weighted by molar-refractivity contribution is 5.86. The number of nitrogens with zero attached hydrogens (tertiary/aromatic N) is 2. The number of aliphatic carboxylic acids is 1. The van der Waals surface area contributed by atoms with E-state index >= 15 is 0 Å². The Morgan fingerprint density at radius 1 is 1.03 bits per heavy atom. The minimum atomic E-state index is -0.862. The average Bonchev–Trinajstić information content (AvgIpc) is 2.87. The number of likely N-dealkylation sites (tertiary alicyclic amines) is 1. The van der Waals surface area contributed by atoms with Gasteiger partial charge in [0.2, 0.25) is 0 Å². The van der Waals surface area contributed by atoms with Crippen LogP contribution in [0, 0.1) is 23.7 Å². The Balaban J connectivity index is 0.00000216. The number of rotatable bonds is 7.